The van der Waals surface area contributed by atoms with Crippen molar-refractivity contribution in [1.82, 2.24) is 15.5 Å². The normalized spacial score (nSPS) is 10.3. The van der Waals surface area contributed by atoms with E-state index in [1.54, 1.807) is 12.3 Å². The quantitative estimate of drug-likeness (QED) is 0.573. The molecule has 14 heavy (non-hydrogen) atoms. The molecule has 0 saturated carbocycles. The average molecular weight is 195 g/mol. The summed E-state index contributed by atoms with van der Waals surface area (Å²) in [5.74, 6) is -1.61. The van der Waals surface area contributed by atoms with Crippen LogP contribution in [0.15, 0.2) is 24.4 Å². The number of rotatable bonds is 4. The van der Waals surface area contributed by atoms with Gasteiger partial charge in [-0.15, -0.1) is 0 Å². The number of H-pyrrole nitrogens is 1. The lowest BCUT2D eigenvalue weighted by Gasteiger charge is -1.97. The third-order valence-electron chi connectivity index (χ3n) is 1.39. The number of aromatic nitrogens is 2. The van der Waals surface area contributed by atoms with E-state index < -0.39 is 11.9 Å². The summed E-state index contributed by atoms with van der Waals surface area (Å²) in [6, 6.07) is 1.71. The molecule has 0 bridgehead atoms. The predicted octanol–water partition coefficient (Wildman–Crippen LogP) is -0.333. The van der Waals surface area contributed by atoms with Crippen LogP contribution in [0.4, 0.5) is 0 Å². The fourth-order valence-corrected chi connectivity index (χ4v) is 0.771. The average Bonchev–Trinajstić information content (AvgIpc) is 2.63. The van der Waals surface area contributed by atoms with Crippen molar-refractivity contribution in [2.45, 2.75) is 6.54 Å². The molecule has 0 atom stereocenters. The van der Waals surface area contributed by atoms with Gasteiger partial charge in [-0.2, -0.15) is 5.10 Å². The minimum absolute atomic E-state index is 0.294. The van der Waals surface area contributed by atoms with E-state index in [0.717, 1.165) is 17.8 Å². The topological polar surface area (TPSA) is 95.1 Å². The fraction of sp³-hybridized carbons (Fsp3) is 0.125. The third kappa shape index (κ3) is 3.53. The summed E-state index contributed by atoms with van der Waals surface area (Å²) >= 11 is 0. The standard InChI is InChI=1S/C8H9N3O3/c12-7(1-2-8(13)14)9-5-6-3-4-10-11-6/h1-4H,5H2,(H,9,12)(H,10,11)(H,13,14)/b2-1+. The molecule has 0 radical (unpaired) electrons. The first kappa shape index (κ1) is 9.97. The van der Waals surface area contributed by atoms with E-state index in [-0.39, 0.29) is 0 Å². The zero-order chi connectivity index (χ0) is 10.4. The van der Waals surface area contributed by atoms with Crippen molar-refractivity contribution in [2.24, 2.45) is 0 Å². The third-order valence-corrected chi connectivity index (χ3v) is 1.39. The van der Waals surface area contributed by atoms with Crippen molar-refractivity contribution in [3.05, 3.63) is 30.1 Å². The number of hydrogen-bond acceptors (Lipinski definition) is 3. The SMILES string of the molecule is O=C(O)/C=C/C(=O)NCc1ccn[nH]1. The summed E-state index contributed by atoms with van der Waals surface area (Å²) in [5.41, 5.74) is 0.752. The van der Waals surface area contributed by atoms with Gasteiger partial charge in [-0.3, -0.25) is 9.89 Å². The minimum atomic E-state index is -1.15. The molecule has 0 aromatic carbocycles. The molecule has 0 aliphatic carbocycles. The lowest BCUT2D eigenvalue weighted by Crippen LogP contribution is -2.20. The van der Waals surface area contributed by atoms with E-state index in [1.807, 2.05) is 0 Å². The summed E-state index contributed by atoms with van der Waals surface area (Å²) in [7, 11) is 0. The molecule has 1 amide bonds. The monoisotopic (exact) mass is 195 g/mol. The highest BCUT2D eigenvalue weighted by Gasteiger charge is 1.97. The van der Waals surface area contributed by atoms with Crippen molar-refractivity contribution in [3.63, 3.8) is 0 Å². The van der Waals surface area contributed by atoms with Crippen molar-refractivity contribution < 1.29 is 14.7 Å². The van der Waals surface area contributed by atoms with E-state index in [0.29, 0.717) is 6.54 Å². The van der Waals surface area contributed by atoms with E-state index >= 15 is 0 Å². The molecule has 74 valence electrons. The van der Waals surface area contributed by atoms with Crippen LogP contribution >= 0.6 is 0 Å². The molecule has 0 saturated heterocycles. The molecule has 0 fully saturated rings. The van der Waals surface area contributed by atoms with Gasteiger partial charge >= 0.3 is 5.97 Å². The Morgan fingerprint density at radius 3 is 2.93 bits per heavy atom. The Bertz CT molecular complexity index is 343. The number of aliphatic carboxylic acids is 1. The summed E-state index contributed by atoms with van der Waals surface area (Å²) in [5, 5.41) is 17.0. The van der Waals surface area contributed by atoms with Gasteiger partial charge in [-0.05, 0) is 6.07 Å². The number of amides is 1. The maximum atomic E-state index is 10.9. The van der Waals surface area contributed by atoms with Gasteiger partial charge in [-0.25, -0.2) is 4.79 Å². The van der Waals surface area contributed by atoms with Crippen LogP contribution in [0.1, 0.15) is 5.69 Å². The number of carbonyl (C=O) groups is 2. The van der Waals surface area contributed by atoms with Gasteiger partial charge in [-0.1, -0.05) is 0 Å². The molecule has 0 aliphatic rings. The Balaban J connectivity index is 2.32. The predicted molar refractivity (Wildman–Crippen MR) is 47.2 cm³/mol. The first-order chi connectivity index (χ1) is 6.68. The van der Waals surface area contributed by atoms with E-state index in [1.165, 1.54) is 0 Å². The van der Waals surface area contributed by atoms with Gasteiger partial charge in [0.2, 0.25) is 5.91 Å². The first-order valence-electron chi connectivity index (χ1n) is 3.85. The highest BCUT2D eigenvalue weighted by molar-refractivity contribution is 5.93. The molecule has 6 nitrogen and oxygen atoms in total. The Hall–Kier alpha value is -2.11. The van der Waals surface area contributed by atoms with Gasteiger partial charge < -0.3 is 10.4 Å². The van der Waals surface area contributed by atoms with Gasteiger partial charge in [0.05, 0.1) is 12.2 Å². The molecule has 0 unspecified atom stereocenters. The lowest BCUT2D eigenvalue weighted by atomic mass is 10.4. The number of carboxylic acids is 1. The Labute approximate surface area is 79.6 Å². The first-order valence-corrected chi connectivity index (χ1v) is 3.85. The molecule has 1 heterocycles. The van der Waals surface area contributed by atoms with Crippen LogP contribution in [0, 0.1) is 0 Å². The molecule has 6 heteroatoms. The maximum absolute atomic E-state index is 10.9. The zero-order valence-corrected chi connectivity index (χ0v) is 7.23. The van der Waals surface area contributed by atoms with Gasteiger partial charge in [0.1, 0.15) is 0 Å². The van der Waals surface area contributed by atoms with Crippen LogP contribution in [0.5, 0.6) is 0 Å². The van der Waals surface area contributed by atoms with Gasteiger partial charge in [0.25, 0.3) is 0 Å². The fourth-order valence-electron chi connectivity index (χ4n) is 0.771. The number of carbonyl (C=O) groups excluding carboxylic acids is 1. The molecule has 1 aromatic heterocycles. The van der Waals surface area contributed by atoms with Gasteiger partial charge in [0.15, 0.2) is 0 Å². The molecule has 0 aliphatic heterocycles. The number of aromatic amines is 1. The van der Waals surface area contributed by atoms with Crippen LogP contribution in [-0.2, 0) is 16.1 Å². The second kappa shape index (κ2) is 4.80. The maximum Gasteiger partial charge on any atom is 0.328 e. The minimum Gasteiger partial charge on any atom is -0.478 e. The second-order valence-electron chi connectivity index (χ2n) is 2.47. The highest BCUT2D eigenvalue weighted by atomic mass is 16.4. The molecule has 0 spiro atoms. The summed E-state index contributed by atoms with van der Waals surface area (Å²) in [6.45, 7) is 0.294. The molecule has 1 rings (SSSR count). The number of nitrogens with one attached hydrogen (secondary N) is 2. The number of carboxylic acid groups (broad SMARTS) is 1. The summed E-state index contributed by atoms with van der Waals surface area (Å²) in [6.07, 6.45) is 3.30. The smallest absolute Gasteiger partial charge is 0.328 e. The van der Waals surface area contributed by atoms with Crippen LogP contribution in [0.3, 0.4) is 0 Å². The molecule has 1 aromatic rings. The number of nitrogens with zero attached hydrogens (tertiary/aromatic N) is 1. The van der Waals surface area contributed by atoms with Crippen molar-refractivity contribution in [2.75, 3.05) is 0 Å². The molecular weight excluding hydrogens is 186 g/mol. The summed E-state index contributed by atoms with van der Waals surface area (Å²) in [4.78, 5) is 21.0. The highest BCUT2D eigenvalue weighted by Crippen LogP contribution is 1.89. The van der Waals surface area contributed by atoms with Crippen molar-refractivity contribution in [3.8, 4) is 0 Å². The van der Waals surface area contributed by atoms with Gasteiger partial charge in [0, 0.05) is 18.3 Å². The van der Waals surface area contributed by atoms with Crippen molar-refractivity contribution >= 4 is 11.9 Å². The largest absolute Gasteiger partial charge is 0.478 e. The van der Waals surface area contributed by atoms with Crippen LogP contribution in [0.2, 0.25) is 0 Å². The zero-order valence-electron chi connectivity index (χ0n) is 7.23. The van der Waals surface area contributed by atoms with Crippen LogP contribution in [0.25, 0.3) is 0 Å². The van der Waals surface area contributed by atoms with E-state index in [9.17, 15) is 9.59 Å². The molecule has 3 N–H and O–H groups in total. The van der Waals surface area contributed by atoms with E-state index in [4.69, 9.17) is 5.11 Å². The van der Waals surface area contributed by atoms with Crippen LogP contribution in [-0.4, -0.2) is 27.2 Å². The Morgan fingerprint density at radius 1 is 1.57 bits per heavy atom. The summed E-state index contributed by atoms with van der Waals surface area (Å²) < 4.78 is 0. The lowest BCUT2D eigenvalue weighted by molar-refractivity contribution is -0.131. The Morgan fingerprint density at radius 2 is 2.36 bits per heavy atom. The Kier molecular flexibility index (Phi) is 3.42. The molecular formula is C8H9N3O3. The van der Waals surface area contributed by atoms with Crippen LogP contribution < -0.4 is 5.32 Å². The van der Waals surface area contributed by atoms with Crippen molar-refractivity contribution in [1.29, 1.82) is 0 Å². The number of hydrogen-bond donors (Lipinski definition) is 3. The second-order valence-corrected chi connectivity index (χ2v) is 2.47. The van der Waals surface area contributed by atoms with E-state index in [2.05, 4.69) is 15.5 Å².